The van der Waals surface area contributed by atoms with Gasteiger partial charge >= 0.3 is 0 Å². The molecule has 1 amide bonds. The van der Waals surface area contributed by atoms with Gasteiger partial charge in [0.15, 0.2) is 0 Å². The molecular formula is C22H23F3N2O. The second-order valence-electron chi connectivity index (χ2n) is 8.35. The van der Waals surface area contributed by atoms with Gasteiger partial charge in [0, 0.05) is 30.4 Å². The Bertz CT molecular complexity index is 897. The van der Waals surface area contributed by atoms with Crippen LogP contribution in [0.2, 0.25) is 0 Å². The van der Waals surface area contributed by atoms with Crippen molar-refractivity contribution in [3.05, 3.63) is 65.5 Å². The second kappa shape index (κ2) is 6.83. The van der Waals surface area contributed by atoms with E-state index in [0.717, 1.165) is 36.7 Å². The molecular weight excluding hydrogens is 365 g/mol. The largest absolute Gasteiger partial charge is 0.363 e. The molecule has 148 valence electrons. The van der Waals surface area contributed by atoms with Crippen molar-refractivity contribution in [3.63, 3.8) is 0 Å². The number of piperidine rings is 1. The minimum Gasteiger partial charge on any atom is -0.363 e. The average Bonchev–Trinajstić information content (AvgIpc) is 2.93. The number of hydrogen-bond donors (Lipinski definition) is 0. The van der Waals surface area contributed by atoms with E-state index in [1.807, 2.05) is 0 Å². The molecule has 0 unspecified atom stereocenters. The van der Waals surface area contributed by atoms with Gasteiger partial charge in [0.1, 0.15) is 17.5 Å². The standard InChI is InChI=1S/C22H23F3N2O/c1-22(2)12-14-13-26(21(28)18-11-16(24)5-8-19(18)25)10-9-20(14)27(22)17-6-3-15(23)4-7-17/h3-8,11,14,20H,9-10,12-13H2,1-2H3/t14-,20+/m1/s1. The molecule has 2 aliphatic heterocycles. The highest BCUT2D eigenvalue weighted by Crippen LogP contribution is 2.44. The Morgan fingerprint density at radius 3 is 2.43 bits per heavy atom. The molecule has 4 rings (SSSR count). The Hall–Kier alpha value is -2.50. The lowest BCUT2D eigenvalue weighted by molar-refractivity contribution is 0.0662. The van der Waals surface area contributed by atoms with E-state index in [1.165, 1.54) is 12.1 Å². The normalized spacial score (nSPS) is 23.6. The zero-order chi connectivity index (χ0) is 20.1. The van der Waals surface area contributed by atoms with Crippen LogP contribution in [0.4, 0.5) is 18.9 Å². The van der Waals surface area contributed by atoms with Crippen molar-refractivity contribution in [2.24, 2.45) is 5.92 Å². The number of amides is 1. The predicted octanol–water partition coefficient (Wildman–Crippen LogP) is 4.62. The van der Waals surface area contributed by atoms with Gasteiger partial charge in [-0.1, -0.05) is 0 Å². The number of rotatable bonds is 2. The number of halogens is 3. The van der Waals surface area contributed by atoms with E-state index in [1.54, 1.807) is 17.0 Å². The fraction of sp³-hybridized carbons (Fsp3) is 0.409. The van der Waals surface area contributed by atoms with Crippen LogP contribution in [0, 0.1) is 23.4 Å². The molecule has 3 nitrogen and oxygen atoms in total. The summed E-state index contributed by atoms with van der Waals surface area (Å²) in [6.07, 6.45) is 1.60. The summed E-state index contributed by atoms with van der Waals surface area (Å²) in [6.45, 7) is 5.27. The lowest BCUT2D eigenvalue weighted by Crippen LogP contribution is -2.50. The number of carbonyl (C=O) groups excluding carboxylic acids is 1. The average molecular weight is 388 g/mol. The molecule has 0 N–H and O–H groups in total. The van der Waals surface area contributed by atoms with Crippen LogP contribution < -0.4 is 4.90 Å². The van der Waals surface area contributed by atoms with Gasteiger partial charge in [0.25, 0.3) is 5.91 Å². The smallest absolute Gasteiger partial charge is 0.256 e. The molecule has 0 spiro atoms. The Morgan fingerprint density at radius 2 is 1.71 bits per heavy atom. The van der Waals surface area contributed by atoms with Crippen LogP contribution in [0.25, 0.3) is 0 Å². The first-order valence-corrected chi connectivity index (χ1v) is 9.55. The fourth-order valence-corrected chi connectivity index (χ4v) is 4.91. The number of fused-ring (bicyclic) bond motifs is 1. The van der Waals surface area contributed by atoms with Gasteiger partial charge in [0.2, 0.25) is 0 Å². The molecule has 2 aliphatic rings. The SMILES string of the molecule is CC1(C)C[C@@H]2CN(C(=O)c3cc(F)ccc3F)CC[C@@H]2N1c1ccc(F)cc1. The van der Waals surface area contributed by atoms with Gasteiger partial charge in [-0.05, 0) is 75.1 Å². The Labute approximate surface area is 162 Å². The van der Waals surface area contributed by atoms with Crippen LogP contribution >= 0.6 is 0 Å². The van der Waals surface area contributed by atoms with Gasteiger partial charge in [-0.25, -0.2) is 13.2 Å². The number of likely N-dealkylation sites (tertiary alicyclic amines) is 1. The summed E-state index contributed by atoms with van der Waals surface area (Å²) in [4.78, 5) is 16.7. The van der Waals surface area contributed by atoms with Gasteiger partial charge in [-0.3, -0.25) is 4.79 Å². The number of benzene rings is 2. The van der Waals surface area contributed by atoms with Crippen LogP contribution in [0.1, 0.15) is 37.0 Å². The van der Waals surface area contributed by atoms with E-state index in [4.69, 9.17) is 0 Å². The summed E-state index contributed by atoms with van der Waals surface area (Å²) >= 11 is 0. The maximum Gasteiger partial charge on any atom is 0.256 e. The summed E-state index contributed by atoms with van der Waals surface area (Å²) < 4.78 is 40.9. The summed E-state index contributed by atoms with van der Waals surface area (Å²) in [5, 5.41) is 0. The Balaban J connectivity index is 1.56. The van der Waals surface area contributed by atoms with Crippen molar-refractivity contribution in [1.29, 1.82) is 0 Å². The number of anilines is 1. The topological polar surface area (TPSA) is 23.6 Å². The van der Waals surface area contributed by atoms with Crippen molar-refractivity contribution in [1.82, 2.24) is 4.90 Å². The number of hydrogen-bond acceptors (Lipinski definition) is 2. The predicted molar refractivity (Wildman–Crippen MR) is 102 cm³/mol. The molecule has 2 aromatic carbocycles. The molecule has 0 saturated carbocycles. The summed E-state index contributed by atoms with van der Waals surface area (Å²) in [6, 6.07) is 9.70. The number of carbonyl (C=O) groups is 1. The molecule has 2 heterocycles. The molecule has 0 aromatic heterocycles. The van der Waals surface area contributed by atoms with Crippen molar-refractivity contribution in [2.75, 3.05) is 18.0 Å². The quantitative estimate of drug-likeness (QED) is 0.749. The van der Waals surface area contributed by atoms with E-state index < -0.39 is 17.5 Å². The van der Waals surface area contributed by atoms with Gasteiger partial charge in [0.05, 0.1) is 5.56 Å². The maximum atomic E-state index is 14.0. The molecule has 2 atom stereocenters. The van der Waals surface area contributed by atoms with Crippen LogP contribution in [0.3, 0.4) is 0 Å². The van der Waals surface area contributed by atoms with Crippen LogP contribution in [-0.2, 0) is 0 Å². The summed E-state index contributed by atoms with van der Waals surface area (Å²) in [5.41, 5.74) is 0.608. The fourth-order valence-electron chi connectivity index (χ4n) is 4.91. The lowest BCUT2D eigenvalue weighted by atomic mass is 9.89. The van der Waals surface area contributed by atoms with Crippen molar-refractivity contribution >= 4 is 11.6 Å². The highest BCUT2D eigenvalue weighted by molar-refractivity contribution is 5.94. The van der Waals surface area contributed by atoms with E-state index in [2.05, 4.69) is 18.7 Å². The maximum absolute atomic E-state index is 14.0. The molecule has 2 fully saturated rings. The van der Waals surface area contributed by atoms with E-state index >= 15 is 0 Å². The van der Waals surface area contributed by atoms with E-state index in [9.17, 15) is 18.0 Å². The zero-order valence-corrected chi connectivity index (χ0v) is 16.0. The molecule has 28 heavy (non-hydrogen) atoms. The van der Waals surface area contributed by atoms with Gasteiger partial charge in [-0.15, -0.1) is 0 Å². The summed E-state index contributed by atoms with van der Waals surface area (Å²) in [5.74, 6) is -1.84. The third kappa shape index (κ3) is 3.25. The molecule has 0 radical (unpaired) electrons. The van der Waals surface area contributed by atoms with Crippen molar-refractivity contribution in [2.45, 2.75) is 38.3 Å². The van der Waals surface area contributed by atoms with E-state index in [-0.39, 0.29) is 28.9 Å². The molecule has 2 saturated heterocycles. The first-order chi connectivity index (χ1) is 13.3. The minimum atomic E-state index is -0.701. The zero-order valence-electron chi connectivity index (χ0n) is 16.0. The van der Waals surface area contributed by atoms with Gasteiger partial charge in [-0.2, -0.15) is 0 Å². The molecule has 2 aromatic rings. The summed E-state index contributed by atoms with van der Waals surface area (Å²) in [7, 11) is 0. The lowest BCUT2D eigenvalue weighted by Gasteiger charge is -2.42. The van der Waals surface area contributed by atoms with Crippen LogP contribution in [0.15, 0.2) is 42.5 Å². The van der Waals surface area contributed by atoms with Gasteiger partial charge < -0.3 is 9.80 Å². The van der Waals surface area contributed by atoms with Crippen molar-refractivity contribution in [3.8, 4) is 0 Å². The third-order valence-electron chi connectivity index (χ3n) is 5.99. The molecule has 0 aliphatic carbocycles. The first kappa shape index (κ1) is 18.8. The molecule has 6 heteroatoms. The monoisotopic (exact) mass is 388 g/mol. The van der Waals surface area contributed by atoms with E-state index in [0.29, 0.717) is 13.1 Å². The molecule has 0 bridgehead atoms. The van der Waals surface area contributed by atoms with Crippen LogP contribution in [0.5, 0.6) is 0 Å². The Kier molecular flexibility index (Phi) is 4.60. The highest BCUT2D eigenvalue weighted by Gasteiger charge is 2.48. The minimum absolute atomic E-state index is 0.143. The first-order valence-electron chi connectivity index (χ1n) is 9.55. The third-order valence-corrected chi connectivity index (χ3v) is 5.99. The van der Waals surface area contributed by atoms with Crippen molar-refractivity contribution < 1.29 is 18.0 Å². The number of nitrogens with zero attached hydrogens (tertiary/aromatic N) is 2. The highest BCUT2D eigenvalue weighted by atomic mass is 19.1. The second-order valence-corrected chi connectivity index (χ2v) is 8.35. The van der Waals surface area contributed by atoms with Crippen LogP contribution in [-0.4, -0.2) is 35.5 Å². The Morgan fingerprint density at radius 1 is 1.04 bits per heavy atom.